The van der Waals surface area contributed by atoms with Crippen molar-refractivity contribution >= 4 is 5.91 Å². The van der Waals surface area contributed by atoms with E-state index < -0.39 is 12.2 Å². The first-order valence-electron chi connectivity index (χ1n) is 7.01. The van der Waals surface area contributed by atoms with Crippen LogP contribution in [0.2, 0.25) is 0 Å². The van der Waals surface area contributed by atoms with E-state index in [0.29, 0.717) is 32.6 Å². The van der Waals surface area contributed by atoms with Crippen LogP contribution in [0.3, 0.4) is 0 Å². The van der Waals surface area contributed by atoms with Crippen molar-refractivity contribution in [2.45, 2.75) is 31.1 Å². The number of halogens is 3. The van der Waals surface area contributed by atoms with Gasteiger partial charge in [0.1, 0.15) is 6.04 Å². The molecule has 0 bridgehead atoms. The largest absolute Gasteiger partial charge is 0.405 e. The number of amides is 1. The second kappa shape index (κ2) is 6.73. The van der Waals surface area contributed by atoms with Crippen LogP contribution >= 0.6 is 0 Å². The Morgan fingerprint density at radius 1 is 1.30 bits per heavy atom. The molecule has 2 aliphatic heterocycles. The topological polar surface area (TPSA) is 56.4 Å². The maximum atomic E-state index is 13.1. The lowest BCUT2D eigenvalue weighted by molar-refractivity contribution is -0.184. The van der Waals surface area contributed by atoms with Gasteiger partial charge in [-0.1, -0.05) is 0 Å². The summed E-state index contributed by atoms with van der Waals surface area (Å²) in [5.74, 6) is -0.327. The molecule has 2 unspecified atom stereocenters. The third kappa shape index (κ3) is 4.07. The van der Waals surface area contributed by atoms with Crippen LogP contribution in [0.5, 0.6) is 0 Å². The number of alkyl halides is 3. The summed E-state index contributed by atoms with van der Waals surface area (Å²) in [5.41, 5.74) is 0. The van der Waals surface area contributed by atoms with E-state index in [4.69, 9.17) is 0 Å². The molecule has 3 N–H and O–H groups in total. The molecule has 0 saturated carbocycles. The number of carbonyl (C=O) groups excluding carboxylic acids is 1. The highest BCUT2D eigenvalue weighted by molar-refractivity contribution is 5.82. The lowest BCUT2D eigenvalue weighted by Crippen LogP contribution is -2.58. The van der Waals surface area contributed by atoms with E-state index in [9.17, 15) is 18.0 Å². The average molecular weight is 294 g/mol. The van der Waals surface area contributed by atoms with Crippen molar-refractivity contribution < 1.29 is 18.0 Å². The van der Waals surface area contributed by atoms with Crippen LogP contribution in [-0.4, -0.2) is 68.3 Å². The quantitative estimate of drug-likeness (QED) is 0.666. The van der Waals surface area contributed by atoms with Gasteiger partial charge in [0.25, 0.3) is 0 Å². The Morgan fingerprint density at radius 2 is 2.00 bits per heavy atom. The normalized spacial score (nSPS) is 26.4. The fourth-order valence-electron chi connectivity index (χ4n) is 2.67. The van der Waals surface area contributed by atoms with Gasteiger partial charge in [0.15, 0.2) is 0 Å². The standard InChI is InChI=1S/C12H21F3N4O/c13-12(14,15)10(19-6-4-16-5-7-19)8-18-11(20)9-2-1-3-17-9/h9-10,16-17H,1-8H2,(H,18,20). The molecule has 0 radical (unpaired) electrons. The molecule has 2 rings (SSSR count). The average Bonchev–Trinajstić information content (AvgIpc) is 2.92. The van der Waals surface area contributed by atoms with Gasteiger partial charge < -0.3 is 16.0 Å². The van der Waals surface area contributed by atoms with Crippen molar-refractivity contribution in [2.24, 2.45) is 0 Å². The second-order valence-corrected chi connectivity index (χ2v) is 5.24. The first kappa shape index (κ1) is 15.5. The van der Waals surface area contributed by atoms with Gasteiger partial charge in [0, 0.05) is 32.7 Å². The zero-order valence-electron chi connectivity index (χ0n) is 11.3. The van der Waals surface area contributed by atoms with Gasteiger partial charge in [0.05, 0.1) is 6.04 Å². The first-order chi connectivity index (χ1) is 9.48. The minimum atomic E-state index is -4.33. The van der Waals surface area contributed by atoms with Gasteiger partial charge in [-0.15, -0.1) is 0 Å². The van der Waals surface area contributed by atoms with Gasteiger partial charge >= 0.3 is 6.18 Å². The van der Waals surface area contributed by atoms with Crippen molar-refractivity contribution in [3.05, 3.63) is 0 Å². The zero-order chi connectivity index (χ0) is 14.6. The Morgan fingerprint density at radius 3 is 2.55 bits per heavy atom. The first-order valence-corrected chi connectivity index (χ1v) is 7.01. The van der Waals surface area contributed by atoms with Crippen LogP contribution in [0.15, 0.2) is 0 Å². The molecule has 5 nitrogen and oxygen atoms in total. The van der Waals surface area contributed by atoms with Gasteiger partial charge in [0.2, 0.25) is 5.91 Å². The molecule has 1 amide bonds. The van der Waals surface area contributed by atoms with Crippen molar-refractivity contribution in [3.63, 3.8) is 0 Å². The van der Waals surface area contributed by atoms with E-state index in [1.807, 2.05) is 0 Å². The van der Waals surface area contributed by atoms with Crippen LogP contribution in [0, 0.1) is 0 Å². The predicted molar refractivity (Wildman–Crippen MR) is 68.3 cm³/mol. The summed E-state index contributed by atoms with van der Waals surface area (Å²) in [4.78, 5) is 13.2. The summed E-state index contributed by atoms with van der Waals surface area (Å²) in [5, 5.41) is 8.45. The molecule has 0 aromatic heterocycles. The van der Waals surface area contributed by atoms with Crippen LogP contribution in [0.25, 0.3) is 0 Å². The predicted octanol–water partition coefficient (Wildman–Crippen LogP) is -0.309. The molecule has 2 saturated heterocycles. The van der Waals surface area contributed by atoms with Gasteiger partial charge in [-0.2, -0.15) is 13.2 Å². The third-order valence-electron chi connectivity index (χ3n) is 3.82. The fourth-order valence-corrected chi connectivity index (χ4v) is 2.67. The molecule has 8 heteroatoms. The van der Waals surface area contributed by atoms with Gasteiger partial charge in [-0.05, 0) is 19.4 Å². The van der Waals surface area contributed by atoms with Crippen molar-refractivity contribution in [1.29, 1.82) is 0 Å². The smallest absolute Gasteiger partial charge is 0.353 e. The Labute approximate surface area is 116 Å². The van der Waals surface area contributed by atoms with E-state index >= 15 is 0 Å². The summed E-state index contributed by atoms with van der Waals surface area (Å²) in [6.45, 7) is 2.16. The van der Waals surface area contributed by atoms with E-state index in [1.54, 1.807) is 0 Å². The number of nitrogens with zero attached hydrogens (tertiary/aromatic N) is 1. The molecule has 2 fully saturated rings. The van der Waals surface area contributed by atoms with E-state index in [2.05, 4.69) is 16.0 Å². The Balaban J connectivity index is 1.88. The summed E-state index contributed by atoms with van der Waals surface area (Å²) >= 11 is 0. The number of piperazine rings is 1. The zero-order valence-corrected chi connectivity index (χ0v) is 11.3. The summed E-state index contributed by atoms with van der Waals surface area (Å²) < 4.78 is 39.3. The molecular formula is C12H21F3N4O. The fraction of sp³-hybridized carbons (Fsp3) is 0.917. The maximum Gasteiger partial charge on any atom is 0.405 e. The maximum absolute atomic E-state index is 13.1. The lowest BCUT2D eigenvalue weighted by atomic mass is 10.1. The highest BCUT2D eigenvalue weighted by atomic mass is 19.4. The highest BCUT2D eigenvalue weighted by Crippen LogP contribution is 2.24. The molecule has 0 aliphatic carbocycles. The minimum absolute atomic E-state index is 0.327. The van der Waals surface area contributed by atoms with E-state index in [1.165, 1.54) is 4.90 Å². The number of hydrogen-bond acceptors (Lipinski definition) is 4. The molecule has 20 heavy (non-hydrogen) atoms. The SMILES string of the molecule is O=C(NCC(N1CCNCC1)C(F)(F)F)C1CCCN1. The van der Waals surface area contributed by atoms with Crippen LogP contribution in [0.4, 0.5) is 13.2 Å². The minimum Gasteiger partial charge on any atom is -0.353 e. The van der Waals surface area contributed by atoms with Crippen LogP contribution in [-0.2, 0) is 4.79 Å². The lowest BCUT2D eigenvalue weighted by Gasteiger charge is -2.36. The molecular weight excluding hydrogens is 273 g/mol. The Hall–Kier alpha value is -0.860. The number of hydrogen-bond donors (Lipinski definition) is 3. The van der Waals surface area contributed by atoms with E-state index in [-0.39, 0.29) is 18.5 Å². The van der Waals surface area contributed by atoms with Crippen LogP contribution in [0.1, 0.15) is 12.8 Å². The van der Waals surface area contributed by atoms with Crippen LogP contribution < -0.4 is 16.0 Å². The van der Waals surface area contributed by atoms with Crippen molar-refractivity contribution in [3.8, 4) is 0 Å². The third-order valence-corrected chi connectivity index (χ3v) is 3.82. The summed E-state index contributed by atoms with van der Waals surface area (Å²) in [6, 6.07) is -1.94. The molecule has 116 valence electrons. The van der Waals surface area contributed by atoms with Crippen molar-refractivity contribution in [1.82, 2.24) is 20.9 Å². The summed E-state index contributed by atoms with van der Waals surface area (Å²) in [6.07, 6.45) is -2.75. The Kier molecular flexibility index (Phi) is 5.22. The molecule has 2 atom stereocenters. The number of nitrogens with one attached hydrogen (secondary N) is 3. The molecule has 2 heterocycles. The molecule has 0 aromatic carbocycles. The summed E-state index contributed by atoms with van der Waals surface area (Å²) in [7, 11) is 0. The second-order valence-electron chi connectivity index (χ2n) is 5.24. The van der Waals surface area contributed by atoms with Crippen molar-refractivity contribution in [2.75, 3.05) is 39.3 Å². The van der Waals surface area contributed by atoms with Gasteiger partial charge in [-0.3, -0.25) is 9.69 Å². The van der Waals surface area contributed by atoms with E-state index in [0.717, 1.165) is 13.0 Å². The number of carbonyl (C=O) groups is 1. The molecule has 2 aliphatic rings. The highest BCUT2D eigenvalue weighted by Gasteiger charge is 2.44. The monoisotopic (exact) mass is 294 g/mol. The van der Waals surface area contributed by atoms with Gasteiger partial charge in [-0.25, -0.2) is 0 Å². The molecule has 0 aromatic rings. The number of rotatable bonds is 4. The Bertz CT molecular complexity index is 325. The molecule has 0 spiro atoms.